The number of benzene rings is 2. The molecule has 1 nitrogen and oxygen atoms in total. The molecule has 0 heterocycles. The van der Waals surface area contributed by atoms with Gasteiger partial charge >= 0.3 is 0 Å². The van der Waals surface area contributed by atoms with Gasteiger partial charge in [-0.15, -0.1) is 0 Å². The van der Waals surface area contributed by atoms with Crippen molar-refractivity contribution in [3.63, 3.8) is 0 Å². The molecule has 0 fully saturated rings. The first-order valence-electron chi connectivity index (χ1n) is 6.10. The van der Waals surface area contributed by atoms with Gasteiger partial charge in [-0.2, -0.15) is 0 Å². The Bertz CT molecular complexity index is 553. The van der Waals surface area contributed by atoms with Crippen LogP contribution in [0.4, 0.5) is 0 Å². The maximum atomic E-state index is 11.4. The van der Waals surface area contributed by atoms with Gasteiger partial charge in [-0.3, -0.25) is 4.79 Å². The summed E-state index contributed by atoms with van der Waals surface area (Å²) < 4.78 is 0. The van der Waals surface area contributed by atoms with E-state index in [0.29, 0.717) is 5.56 Å². The van der Waals surface area contributed by atoms with Crippen molar-refractivity contribution in [3.8, 4) is 0 Å². The molecule has 0 aliphatic carbocycles. The van der Waals surface area contributed by atoms with Crippen LogP contribution in [0.3, 0.4) is 0 Å². The van der Waals surface area contributed by atoms with Crippen LogP contribution in [0.15, 0.2) is 48.5 Å². The molecule has 0 N–H and O–H groups in total. The van der Waals surface area contributed by atoms with Gasteiger partial charge in [-0.05, 0) is 30.2 Å². The van der Waals surface area contributed by atoms with Crippen LogP contribution in [-0.2, 0) is 5.41 Å². The third-order valence-corrected chi connectivity index (χ3v) is 3.40. The molecule has 0 aliphatic rings. The third kappa shape index (κ3) is 2.35. The maximum absolute atomic E-state index is 11.4. The number of ketones is 1. The Morgan fingerprint density at radius 2 is 1.72 bits per heavy atom. The average molecular weight is 237 g/mol. The minimum Gasteiger partial charge on any atom is -0.294 e. The SMILES string of the molecule is CC(=O)c1[c]ccc(C(C)(C)c2ccccc2)c1. The molecule has 0 saturated heterocycles. The van der Waals surface area contributed by atoms with E-state index in [9.17, 15) is 4.79 Å². The Hall–Kier alpha value is -1.89. The van der Waals surface area contributed by atoms with Crippen molar-refractivity contribution in [2.75, 3.05) is 0 Å². The molecular weight excluding hydrogens is 220 g/mol. The predicted octanol–water partition coefficient (Wildman–Crippen LogP) is 4.02. The third-order valence-electron chi connectivity index (χ3n) is 3.40. The van der Waals surface area contributed by atoms with E-state index < -0.39 is 0 Å². The molecule has 18 heavy (non-hydrogen) atoms. The summed E-state index contributed by atoms with van der Waals surface area (Å²) >= 11 is 0. The molecule has 2 rings (SSSR count). The fourth-order valence-electron chi connectivity index (χ4n) is 2.08. The first-order valence-corrected chi connectivity index (χ1v) is 6.10. The molecule has 2 aromatic rings. The Balaban J connectivity index is 2.47. The van der Waals surface area contributed by atoms with Crippen LogP contribution in [0, 0.1) is 6.07 Å². The summed E-state index contributed by atoms with van der Waals surface area (Å²) in [4.78, 5) is 11.4. The molecule has 0 bridgehead atoms. The van der Waals surface area contributed by atoms with Crippen LogP contribution in [0.1, 0.15) is 42.3 Å². The van der Waals surface area contributed by atoms with Gasteiger partial charge in [-0.25, -0.2) is 0 Å². The van der Waals surface area contributed by atoms with Gasteiger partial charge in [0.1, 0.15) is 0 Å². The van der Waals surface area contributed by atoms with E-state index in [1.54, 1.807) is 6.92 Å². The fraction of sp³-hybridized carbons (Fsp3) is 0.235. The fourth-order valence-corrected chi connectivity index (χ4v) is 2.08. The number of hydrogen-bond acceptors (Lipinski definition) is 1. The van der Waals surface area contributed by atoms with E-state index in [2.05, 4.69) is 32.0 Å². The van der Waals surface area contributed by atoms with Crippen molar-refractivity contribution in [2.24, 2.45) is 0 Å². The Morgan fingerprint density at radius 3 is 2.33 bits per heavy atom. The Kier molecular flexibility index (Phi) is 3.33. The van der Waals surface area contributed by atoms with Crippen molar-refractivity contribution in [1.82, 2.24) is 0 Å². The first kappa shape index (κ1) is 12.6. The van der Waals surface area contributed by atoms with Crippen LogP contribution < -0.4 is 0 Å². The Morgan fingerprint density at radius 1 is 1.06 bits per heavy atom. The van der Waals surface area contributed by atoms with Gasteiger partial charge in [0.15, 0.2) is 5.78 Å². The zero-order valence-electron chi connectivity index (χ0n) is 11.0. The quantitative estimate of drug-likeness (QED) is 0.737. The van der Waals surface area contributed by atoms with E-state index in [1.807, 2.05) is 36.4 Å². The van der Waals surface area contributed by atoms with Gasteiger partial charge in [0, 0.05) is 11.0 Å². The van der Waals surface area contributed by atoms with Crippen LogP contribution >= 0.6 is 0 Å². The zero-order chi connectivity index (χ0) is 13.2. The van der Waals surface area contributed by atoms with Crippen molar-refractivity contribution in [1.29, 1.82) is 0 Å². The maximum Gasteiger partial charge on any atom is 0.160 e. The molecule has 0 amide bonds. The molecule has 0 aromatic heterocycles. The molecule has 0 unspecified atom stereocenters. The van der Waals surface area contributed by atoms with Crippen molar-refractivity contribution in [3.05, 3.63) is 71.3 Å². The molecule has 1 heteroatoms. The number of Topliss-reactive ketones (excluding diaryl/α,β-unsaturated/α-hetero) is 1. The summed E-state index contributed by atoms with van der Waals surface area (Å²) in [6.07, 6.45) is 0. The second-order valence-electron chi connectivity index (χ2n) is 5.04. The Labute approximate surface area is 108 Å². The van der Waals surface area contributed by atoms with Gasteiger partial charge in [-0.1, -0.05) is 56.3 Å². The summed E-state index contributed by atoms with van der Waals surface area (Å²) in [5, 5.41) is 0. The van der Waals surface area contributed by atoms with Crippen LogP contribution in [0.5, 0.6) is 0 Å². The normalized spacial score (nSPS) is 11.3. The largest absolute Gasteiger partial charge is 0.294 e. The lowest BCUT2D eigenvalue weighted by atomic mass is 9.77. The van der Waals surface area contributed by atoms with Crippen molar-refractivity contribution >= 4 is 5.78 Å². The minimum absolute atomic E-state index is 0.0562. The predicted molar refractivity (Wildman–Crippen MR) is 73.9 cm³/mol. The van der Waals surface area contributed by atoms with Gasteiger partial charge in [0.2, 0.25) is 0 Å². The highest BCUT2D eigenvalue weighted by atomic mass is 16.1. The van der Waals surface area contributed by atoms with Gasteiger partial charge in [0.25, 0.3) is 0 Å². The van der Waals surface area contributed by atoms with Gasteiger partial charge in [0.05, 0.1) is 0 Å². The second kappa shape index (κ2) is 4.77. The second-order valence-corrected chi connectivity index (χ2v) is 5.04. The molecule has 0 saturated carbocycles. The highest BCUT2D eigenvalue weighted by molar-refractivity contribution is 5.94. The summed E-state index contributed by atoms with van der Waals surface area (Å²) in [6.45, 7) is 5.91. The summed E-state index contributed by atoms with van der Waals surface area (Å²) in [7, 11) is 0. The highest BCUT2D eigenvalue weighted by Crippen LogP contribution is 2.31. The lowest BCUT2D eigenvalue weighted by Gasteiger charge is -2.26. The monoisotopic (exact) mass is 237 g/mol. The van der Waals surface area contributed by atoms with E-state index in [1.165, 1.54) is 5.56 Å². The number of hydrogen-bond donors (Lipinski definition) is 0. The molecular formula is C17H17O. The van der Waals surface area contributed by atoms with E-state index in [0.717, 1.165) is 5.56 Å². The lowest BCUT2D eigenvalue weighted by Crippen LogP contribution is -2.19. The molecule has 0 spiro atoms. The van der Waals surface area contributed by atoms with Gasteiger partial charge < -0.3 is 0 Å². The van der Waals surface area contributed by atoms with Crippen molar-refractivity contribution in [2.45, 2.75) is 26.2 Å². The average Bonchev–Trinajstić information content (AvgIpc) is 2.40. The molecule has 0 aliphatic heterocycles. The lowest BCUT2D eigenvalue weighted by molar-refractivity contribution is 0.101. The number of rotatable bonds is 3. The number of carbonyl (C=O) groups excluding carboxylic acids is 1. The molecule has 91 valence electrons. The van der Waals surface area contributed by atoms with E-state index in [4.69, 9.17) is 0 Å². The van der Waals surface area contributed by atoms with E-state index >= 15 is 0 Å². The molecule has 2 aromatic carbocycles. The highest BCUT2D eigenvalue weighted by Gasteiger charge is 2.23. The van der Waals surface area contributed by atoms with Crippen LogP contribution in [-0.4, -0.2) is 5.78 Å². The topological polar surface area (TPSA) is 17.1 Å². The smallest absolute Gasteiger partial charge is 0.160 e. The minimum atomic E-state index is -0.111. The van der Waals surface area contributed by atoms with Crippen LogP contribution in [0.2, 0.25) is 0 Å². The molecule has 0 atom stereocenters. The molecule has 1 radical (unpaired) electrons. The first-order chi connectivity index (χ1) is 8.51. The standard InChI is InChI=1S/C17H17O/c1-13(18)14-8-7-11-16(12-14)17(2,3)15-9-5-4-6-10-15/h4-7,9-12H,1-3H3. The summed E-state index contributed by atoms with van der Waals surface area (Å²) in [6, 6.07) is 19.1. The summed E-state index contributed by atoms with van der Waals surface area (Å²) in [5.41, 5.74) is 2.92. The van der Waals surface area contributed by atoms with E-state index in [-0.39, 0.29) is 11.2 Å². The van der Waals surface area contributed by atoms with Crippen LogP contribution in [0.25, 0.3) is 0 Å². The number of carbonyl (C=O) groups is 1. The van der Waals surface area contributed by atoms with Crippen molar-refractivity contribution < 1.29 is 4.79 Å². The zero-order valence-corrected chi connectivity index (χ0v) is 11.0. The summed E-state index contributed by atoms with van der Waals surface area (Å²) in [5.74, 6) is 0.0562.